The number of ether oxygens (including phenoxy) is 1. The Bertz CT molecular complexity index is 457. The van der Waals surface area contributed by atoms with Crippen molar-refractivity contribution < 1.29 is 19.7 Å². The number of benzene rings is 1. The first-order chi connectivity index (χ1) is 9.17. The second kappa shape index (κ2) is 5.93. The molecule has 104 valence electrons. The molecular formula is C14H19NO4. The van der Waals surface area contributed by atoms with Crippen molar-refractivity contribution in [3.63, 3.8) is 0 Å². The number of carbonyl (C=O) groups excluding carboxylic acids is 1. The summed E-state index contributed by atoms with van der Waals surface area (Å²) in [4.78, 5) is 14.0. The molecule has 5 heteroatoms. The molecule has 0 bridgehead atoms. The molecule has 0 radical (unpaired) electrons. The normalized spacial score (nSPS) is 14.8. The van der Waals surface area contributed by atoms with Crippen molar-refractivity contribution in [1.29, 1.82) is 0 Å². The predicted octanol–water partition coefficient (Wildman–Crippen LogP) is 1.39. The van der Waals surface area contributed by atoms with Crippen molar-refractivity contribution in [2.75, 3.05) is 20.3 Å². The molecule has 1 fully saturated rings. The minimum atomic E-state index is -0.237. The maximum atomic E-state index is 12.4. The van der Waals surface area contributed by atoms with Gasteiger partial charge in [-0.3, -0.25) is 4.79 Å². The molecular weight excluding hydrogens is 246 g/mol. The molecule has 1 aliphatic rings. The van der Waals surface area contributed by atoms with Crippen LogP contribution in [0.2, 0.25) is 0 Å². The first kappa shape index (κ1) is 13.7. The van der Waals surface area contributed by atoms with Crippen LogP contribution in [-0.2, 0) is 0 Å². The molecule has 2 rings (SSSR count). The lowest BCUT2D eigenvalue weighted by Gasteiger charge is -2.37. The van der Waals surface area contributed by atoms with Gasteiger partial charge in [0.1, 0.15) is 11.5 Å². The molecule has 1 amide bonds. The van der Waals surface area contributed by atoms with Gasteiger partial charge in [-0.25, -0.2) is 0 Å². The minimum absolute atomic E-state index is 0.0703. The fraction of sp³-hybridized carbons (Fsp3) is 0.500. The molecule has 2 N–H and O–H groups in total. The van der Waals surface area contributed by atoms with Crippen molar-refractivity contribution in [2.24, 2.45) is 0 Å². The van der Waals surface area contributed by atoms with Gasteiger partial charge >= 0.3 is 0 Å². The largest absolute Gasteiger partial charge is 0.507 e. The Labute approximate surface area is 112 Å². The van der Waals surface area contributed by atoms with Crippen LogP contribution in [0.5, 0.6) is 11.5 Å². The Balaban J connectivity index is 2.20. The smallest absolute Gasteiger partial charge is 0.257 e. The number of aliphatic hydroxyl groups excluding tert-OH is 1. The number of aliphatic hydroxyl groups is 1. The maximum absolute atomic E-state index is 12.4. The third-order valence-corrected chi connectivity index (χ3v) is 3.55. The van der Waals surface area contributed by atoms with Crippen LogP contribution in [0.3, 0.4) is 0 Å². The molecule has 0 aliphatic heterocycles. The SMILES string of the molecule is COc1ccc(C(=O)N(CCO)C2CCC2)c(O)c1. The highest BCUT2D eigenvalue weighted by Crippen LogP contribution is 2.29. The summed E-state index contributed by atoms with van der Waals surface area (Å²) in [5, 5.41) is 19.0. The van der Waals surface area contributed by atoms with Gasteiger partial charge in [-0.15, -0.1) is 0 Å². The molecule has 1 aromatic rings. The third-order valence-electron chi connectivity index (χ3n) is 3.55. The van der Waals surface area contributed by atoms with E-state index in [1.807, 2.05) is 0 Å². The topological polar surface area (TPSA) is 70.0 Å². The number of phenolic OH excluding ortho intramolecular Hbond substituents is 1. The summed E-state index contributed by atoms with van der Waals surface area (Å²) in [5.41, 5.74) is 0.251. The highest BCUT2D eigenvalue weighted by molar-refractivity contribution is 5.97. The number of hydrogen-bond acceptors (Lipinski definition) is 4. The van der Waals surface area contributed by atoms with Crippen LogP contribution < -0.4 is 4.74 Å². The van der Waals surface area contributed by atoms with Crippen molar-refractivity contribution >= 4 is 5.91 Å². The minimum Gasteiger partial charge on any atom is -0.507 e. The molecule has 0 saturated heterocycles. The van der Waals surface area contributed by atoms with Gasteiger partial charge in [-0.2, -0.15) is 0 Å². The van der Waals surface area contributed by atoms with E-state index in [0.29, 0.717) is 12.3 Å². The monoisotopic (exact) mass is 265 g/mol. The second-order valence-corrected chi connectivity index (χ2v) is 4.69. The Morgan fingerprint density at radius 1 is 1.47 bits per heavy atom. The summed E-state index contributed by atoms with van der Waals surface area (Å²) in [6.07, 6.45) is 3.03. The van der Waals surface area contributed by atoms with E-state index in [1.54, 1.807) is 17.0 Å². The third kappa shape index (κ3) is 2.81. The number of aromatic hydroxyl groups is 1. The molecule has 1 saturated carbocycles. The zero-order chi connectivity index (χ0) is 13.8. The van der Waals surface area contributed by atoms with Gasteiger partial charge in [0.2, 0.25) is 0 Å². The quantitative estimate of drug-likeness (QED) is 0.844. The van der Waals surface area contributed by atoms with Gasteiger partial charge in [-0.05, 0) is 31.4 Å². The molecule has 5 nitrogen and oxygen atoms in total. The van der Waals surface area contributed by atoms with Crippen LogP contribution >= 0.6 is 0 Å². The van der Waals surface area contributed by atoms with Crippen LogP contribution in [0.25, 0.3) is 0 Å². The summed E-state index contributed by atoms with van der Waals surface area (Å²) < 4.78 is 4.99. The van der Waals surface area contributed by atoms with Gasteiger partial charge in [0.25, 0.3) is 5.91 Å². The zero-order valence-electron chi connectivity index (χ0n) is 11.0. The van der Waals surface area contributed by atoms with E-state index in [4.69, 9.17) is 9.84 Å². The lowest BCUT2D eigenvalue weighted by atomic mass is 9.91. The van der Waals surface area contributed by atoms with Gasteiger partial charge in [0.05, 0.1) is 19.3 Å². The Morgan fingerprint density at radius 2 is 2.21 bits per heavy atom. The molecule has 0 aromatic heterocycles. The van der Waals surface area contributed by atoms with E-state index in [0.717, 1.165) is 19.3 Å². The van der Waals surface area contributed by atoms with Crippen LogP contribution in [0.1, 0.15) is 29.6 Å². The number of carbonyl (C=O) groups is 1. The summed E-state index contributed by atoms with van der Waals surface area (Å²) in [7, 11) is 1.50. The number of nitrogens with zero attached hydrogens (tertiary/aromatic N) is 1. The molecule has 1 aromatic carbocycles. The van der Waals surface area contributed by atoms with Gasteiger partial charge < -0.3 is 19.8 Å². The van der Waals surface area contributed by atoms with E-state index < -0.39 is 0 Å². The van der Waals surface area contributed by atoms with E-state index in [-0.39, 0.29) is 29.9 Å². The van der Waals surface area contributed by atoms with Gasteiger partial charge in [0.15, 0.2) is 0 Å². The maximum Gasteiger partial charge on any atom is 0.257 e. The fourth-order valence-electron chi connectivity index (χ4n) is 2.23. The number of amides is 1. The highest BCUT2D eigenvalue weighted by atomic mass is 16.5. The molecule has 0 unspecified atom stereocenters. The van der Waals surface area contributed by atoms with Crippen LogP contribution in [-0.4, -0.2) is 47.3 Å². The Kier molecular flexibility index (Phi) is 4.27. The van der Waals surface area contributed by atoms with E-state index in [9.17, 15) is 9.90 Å². The summed E-state index contributed by atoms with van der Waals surface area (Å²) in [5.74, 6) is 0.178. The number of methoxy groups -OCH3 is 1. The summed E-state index contributed by atoms with van der Waals surface area (Å²) in [6.45, 7) is 0.230. The lowest BCUT2D eigenvalue weighted by molar-refractivity contribution is 0.0523. The average molecular weight is 265 g/mol. The molecule has 0 atom stereocenters. The molecule has 0 heterocycles. The average Bonchev–Trinajstić information content (AvgIpc) is 2.35. The van der Waals surface area contributed by atoms with Crippen molar-refractivity contribution in [1.82, 2.24) is 4.90 Å². The van der Waals surface area contributed by atoms with Crippen LogP contribution in [0, 0.1) is 0 Å². The van der Waals surface area contributed by atoms with E-state index >= 15 is 0 Å². The summed E-state index contributed by atoms with van der Waals surface area (Å²) in [6, 6.07) is 4.80. The predicted molar refractivity (Wildman–Crippen MR) is 70.4 cm³/mol. The first-order valence-corrected chi connectivity index (χ1v) is 6.46. The lowest BCUT2D eigenvalue weighted by Crippen LogP contribution is -2.45. The van der Waals surface area contributed by atoms with Gasteiger partial charge in [0, 0.05) is 18.7 Å². The van der Waals surface area contributed by atoms with Crippen molar-refractivity contribution in [3.8, 4) is 11.5 Å². The zero-order valence-corrected chi connectivity index (χ0v) is 11.0. The Hall–Kier alpha value is -1.75. The number of phenols is 1. The Morgan fingerprint density at radius 3 is 2.68 bits per heavy atom. The van der Waals surface area contributed by atoms with E-state index in [2.05, 4.69) is 0 Å². The molecule has 0 spiro atoms. The van der Waals surface area contributed by atoms with Crippen LogP contribution in [0.15, 0.2) is 18.2 Å². The van der Waals surface area contributed by atoms with Crippen molar-refractivity contribution in [3.05, 3.63) is 23.8 Å². The summed E-state index contributed by atoms with van der Waals surface area (Å²) >= 11 is 0. The fourth-order valence-corrected chi connectivity index (χ4v) is 2.23. The highest BCUT2D eigenvalue weighted by Gasteiger charge is 2.30. The number of hydrogen-bond donors (Lipinski definition) is 2. The van der Waals surface area contributed by atoms with E-state index in [1.165, 1.54) is 13.2 Å². The van der Waals surface area contributed by atoms with Gasteiger partial charge in [-0.1, -0.05) is 0 Å². The standard InChI is InChI=1S/C14H19NO4/c1-19-11-5-6-12(13(17)9-11)14(18)15(7-8-16)10-3-2-4-10/h5-6,9-10,16-17H,2-4,7-8H2,1H3. The first-order valence-electron chi connectivity index (χ1n) is 6.46. The van der Waals surface area contributed by atoms with Crippen molar-refractivity contribution in [2.45, 2.75) is 25.3 Å². The second-order valence-electron chi connectivity index (χ2n) is 4.69. The number of rotatable bonds is 5. The molecule has 1 aliphatic carbocycles. The molecule has 19 heavy (non-hydrogen) atoms. The van der Waals surface area contributed by atoms with Crippen LogP contribution in [0.4, 0.5) is 0 Å².